The van der Waals surface area contributed by atoms with Crippen molar-refractivity contribution in [2.75, 3.05) is 0 Å². The van der Waals surface area contributed by atoms with Gasteiger partial charge < -0.3 is 5.32 Å². The monoisotopic (exact) mass is 331 g/mol. The SMILES string of the molecule is CC(C)N[C@@H](C)C12C[C@@H]3C[C@H](CC(c4ccc(Cl)cc4)(C3)C1)C2. The Balaban J connectivity index is 1.69. The van der Waals surface area contributed by atoms with E-state index in [0.29, 0.717) is 22.9 Å². The third-order valence-electron chi connectivity index (χ3n) is 7.06. The molecule has 4 aliphatic carbocycles. The van der Waals surface area contributed by atoms with E-state index in [1.807, 2.05) is 0 Å². The zero-order chi connectivity index (χ0) is 16.2. The highest BCUT2D eigenvalue weighted by atomic mass is 35.5. The van der Waals surface area contributed by atoms with Gasteiger partial charge in [-0.3, -0.25) is 0 Å². The molecule has 0 aliphatic heterocycles. The first kappa shape index (κ1) is 16.0. The smallest absolute Gasteiger partial charge is 0.0406 e. The standard InChI is InChI=1S/C21H30ClN/c1-14(2)23-15(3)20-9-16-8-17(10-20)12-21(11-16,13-20)18-4-6-19(22)7-5-18/h4-7,14-17,23H,8-13H2,1-3H3/t15-,16-,17-,20?,21?/m0/s1. The lowest BCUT2D eigenvalue weighted by atomic mass is 9.41. The van der Waals surface area contributed by atoms with E-state index in [1.54, 1.807) is 5.56 Å². The molecule has 2 heteroatoms. The van der Waals surface area contributed by atoms with Gasteiger partial charge in [-0.25, -0.2) is 0 Å². The normalized spacial score (nSPS) is 39.9. The molecule has 4 aliphatic rings. The Morgan fingerprint density at radius 3 is 2.17 bits per heavy atom. The lowest BCUT2D eigenvalue weighted by Gasteiger charge is -2.64. The Bertz CT molecular complexity index is 562. The lowest BCUT2D eigenvalue weighted by Crippen LogP contribution is -2.60. The van der Waals surface area contributed by atoms with Crippen LogP contribution in [0.5, 0.6) is 0 Å². The highest BCUT2D eigenvalue weighted by molar-refractivity contribution is 6.30. The van der Waals surface area contributed by atoms with Crippen LogP contribution in [0, 0.1) is 17.3 Å². The van der Waals surface area contributed by atoms with Gasteiger partial charge >= 0.3 is 0 Å². The minimum atomic E-state index is 0.418. The fourth-order valence-electron chi connectivity index (χ4n) is 6.66. The fraction of sp³-hybridized carbons (Fsp3) is 0.714. The Kier molecular flexibility index (Phi) is 3.81. The number of hydrogen-bond acceptors (Lipinski definition) is 1. The molecule has 4 bridgehead atoms. The van der Waals surface area contributed by atoms with Gasteiger partial charge in [0.2, 0.25) is 0 Å². The number of nitrogens with one attached hydrogen (secondary N) is 1. The highest BCUT2D eigenvalue weighted by Crippen LogP contribution is 2.66. The largest absolute Gasteiger partial charge is 0.312 e. The number of benzene rings is 1. The number of hydrogen-bond donors (Lipinski definition) is 1. The van der Waals surface area contributed by atoms with E-state index in [0.717, 1.165) is 16.9 Å². The first-order valence-corrected chi connectivity index (χ1v) is 9.81. The Morgan fingerprint density at radius 2 is 1.61 bits per heavy atom. The summed E-state index contributed by atoms with van der Waals surface area (Å²) in [7, 11) is 0. The second kappa shape index (κ2) is 5.49. The molecule has 3 atom stereocenters. The molecule has 0 heterocycles. The Hall–Kier alpha value is -0.530. The van der Waals surface area contributed by atoms with Crippen molar-refractivity contribution in [1.29, 1.82) is 0 Å². The number of rotatable bonds is 4. The van der Waals surface area contributed by atoms with Crippen molar-refractivity contribution in [2.24, 2.45) is 17.3 Å². The van der Waals surface area contributed by atoms with Crippen LogP contribution in [0.15, 0.2) is 24.3 Å². The summed E-state index contributed by atoms with van der Waals surface area (Å²) in [6, 6.07) is 10.0. The molecule has 0 radical (unpaired) electrons. The van der Waals surface area contributed by atoms with Crippen LogP contribution in [-0.4, -0.2) is 12.1 Å². The second-order valence-electron chi connectivity index (χ2n) is 9.15. The molecule has 4 saturated carbocycles. The summed E-state index contributed by atoms with van der Waals surface area (Å²) < 4.78 is 0. The molecule has 23 heavy (non-hydrogen) atoms. The van der Waals surface area contributed by atoms with Gasteiger partial charge in [-0.1, -0.05) is 37.6 Å². The van der Waals surface area contributed by atoms with E-state index in [-0.39, 0.29) is 0 Å². The summed E-state index contributed by atoms with van der Waals surface area (Å²) in [5.74, 6) is 1.87. The van der Waals surface area contributed by atoms with Crippen molar-refractivity contribution in [1.82, 2.24) is 5.32 Å². The van der Waals surface area contributed by atoms with Gasteiger partial charge in [0.05, 0.1) is 0 Å². The molecular weight excluding hydrogens is 302 g/mol. The maximum absolute atomic E-state index is 6.14. The summed E-state index contributed by atoms with van der Waals surface area (Å²) >= 11 is 6.14. The highest BCUT2D eigenvalue weighted by Gasteiger charge is 2.59. The molecule has 1 N–H and O–H groups in total. The number of halogens is 1. The Labute approximate surface area is 146 Å². The minimum absolute atomic E-state index is 0.418. The van der Waals surface area contributed by atoms with Crippen molar-refractivity contribution in [3.05, 3.63) is 34.9 Å². The van der Waals surface area contributed by atoms with E-state index < -0.39 is 0 Å². The van der Waals surface area contributed by atoms with Crippen molar-refractivity contribution in [3.63, 3.8) is 0 Å². The van der Waals surface area contributed by atoms with Gasteiger partial charge in [-0.05, 0) is 85.8 Å². The second-order valence-corrected chi connectivity index (χ2v) is 9.59. The van der Waals surface area contributed by atoms with Gasteiger partial charge in [0.25, 0.3) is 0 Å². The van der Waals surface area contributed by atoms with Crippen LogP contribution in [0.4, 0.5) is 0 Å². The van der Waals surface area contributed by atoms with Crippen molar-refractivity contribution < 1.29 is 0 Å². The van der Waals surface area contributed by atoms with Gasteiger partial charge in [0.15, 0.2) is 0 Å². The first-order valence-electron chi connectivity index (χ1n) is 9.43. The average molecular weight is 332 g/mol. The van der Waals surface area contributed by atoms with E-state index in [4.69, 9.17) is 11.6 Å². The molecule has 4 fully saturated rings. The summed E-state index contributed by atoms with van der Waals surface area (Å²) in [6.07, 6.45) is 8.54. The van der Waals surface area contributed by atoms with Gasteiger partial charge in [0, 0.05) is 17.1 Å². The van der Waals surface area contributed by atoms with Gasteiger partial charge in [-0.2, -0.15) is 0 Å². The zero-order valence-electron chi connectivity index (χ0n) is 14.7. The van der Waals surface area contributed by atoms with Crippen LogP contribution in [0.2, 0.25) is 5.02 Å². The summed E-state index contributed by atoms with van der Waals surface area (Å²) in [5, 5.41) is 4.72. The summed E-state index contributed by atoms with van der Waals surface area (Å²) in [5.41, 5.74) is 2.48. The quantitative estimate of drug-likeness (QED) is 0.761. The third kappa shape index (κ3) is 2.65. The van der Waals surface area contributed by atoms with Gasteiger partial charge in [0.1, 0.15) is 0 Å². The average Bonchev–Trinajstić information content (AvgIpc) is 2.45. The minimum Gasteiger partial charge on any atom is -0.312 e. The maximum Gasteiger partial charge on any atom is 0.0406 e. The van der Waals surface area contributed by atoms with Crippen LogP contribution in [0.25, 0.3) is 0 Å². The molecule has 0 aromatic heterocycles. The first-order chi connectivity index (χ1) is 10.9. The molecule has 5 rings (SSSR count). The van der Waals surface area contributed by atoms with Crippen LogP contribution in [-0.2, 0) is 5.41 Å². The maximum atomic E-state index is 6.14. The summed E-state index contributed by atoms with van der Waals surface area (Å²) in [6.45, 7) is 7.01. The predicted molar refractivity (Wildman–Crippen MR) is 98.0 cm³/mol. The van der Waals surface area contributed by atoms with E-state index in [2.05, 4.69) is 50.4 Å². The molecule has 1 aromatic rings. The molecule has 0 spiro atoms. The van der Waals surface area contributed by atoms with E-state index in [1.165, 1.54) is 38.5 Å². The van der Waals surface area contributed by atoms with Gasteiger partial charge in [-0.15, -0.1) is 0 Å². The van der Waals surface area contributed by atoms with E-state index >= 15 is 0 Å². The molecular formula is C21H30ClN. The third-order valence-corrected chi connectivity index (χ3v) is 7.32. The van der Waals surface area contributed by atoms with Crippen LogP contribution in [0.3, 0.4) is 0 Å². The van der Waals surface area contributed by atoms with Crippen molar-refractivity contribution >= 4 is 11.6 Å². The topological polar surface area (TPSA) is 12.0 Å². The molecule has 1 aromatic carbocycles. The zero-order valence-corrected chi connectivity index (χ0v) is 15.5. The van der Waals surface area contributed by atoms with Crippen LogP contribution >= 0.6 is 11.6 Å². The molecule has 0 unspecified atom stereocenters. The molecule has 0 amide bonds. The van der Waals surface area contributed by atoms with E-state index in [9.17, 15) is 0 Å². The molecule has 0 saturated heterocycles. The van der Waals surface area contributed by atoms with Crippen molar-refractivity contribution in [3.8, 4) is 0 Å². The van der Waals surface area contributed by atoms with Crippen molar-refractivity contribution in [2.45, 2.75) is 76.8 Å². The molecule has 126 valence electrons. The molecule has 1 nitrogen and oxygen atoms in total. The predicted octanol–water partition coefficient (Wildman–Crippen LogP) is 5.56. The van der Waals surface area contributed by atoms with Crippen LogP contribution < -0.4 is 5.32 Å². The van der Waals surface area contributed by atoms with Crippen LogP contribution in [0.1, 0.15) is 64.9 Å². The fourth-order valence-corrected chi connectivity index (χ4v) is 6.78. The lowest BCUT2D eigenvalue weighted by molar-refractivity contribution is -0.0891. The summed E-state index contributed by atoms with van der Waals surface area (Å²) in [4.78, 5) is 0. The Morgan fingerprint density at radius 1 is 1.00 bits per heavy atom.